The van der Waals surface area contributed by atoms with Crippen molar-refractivity contribution in [3.8, 4) is 0 Å². The van der Waals surface area contributed by atoms with Crippen LogP contribution in [0.2, 0.25) is 0 Å². The highest BCUT2D eigenvalue weighted by Gasteiger charge is 2.38. The number of piperazine rings is 1. The summed E-state index contributed by atoms with van der Waals surface area (Å²) in [7, 11) is 2.21. The number of rotatable bonds is 4. The lowest BCUT2D eigenvalue weighted by Gasteiger charge is -2.41. The molecule has 0 bridgehead atoms. The molecule has 28 heavy (non-hydrogen) atoms. The zero-order chi connectivity index (χ0) is 19.5. The van der Waals surface area contributed by atoms with Crippen LogP contribution in [-0.4, -0.2) is 90.5 Å². The van der Waals surface area contributed by atoms with Crippen LogP contribution in [0.25, 0.3) is 0 Å². The molecule has 0 spiro atoms. The van der Waals surface area contributed by atoms with Gasteiger partial charge in [-0.2, -0.15) is 0 Å². The Morgan fingerprint density at radius 2 is 1.75 bits per heavy atom. The van der Waals surface area contributed by atoms with E-state index in [0.29, 0.717) is 11.9 Å². The van der Waals surface area contributed by atoms with Crippen molar-refractivity contribution in [3.63, 3.8) is 0 Å². The highest BCUT2D eigenvalue weighted by atomic mass is 16.2. The summed E-state index contributed by atoms with van der Waals surface area (Å²) in [6.45, 7) is 10.3. The van der Waals surface area contributed by atoms with Crippen molar-refractivity contribution in [1.82, 2.24) is 19.6 Å². The Morgan fingerprint density at radius 3 is 2.46 bits per heavy atom. The van der Waals surface area contributed by atoms with Gasteiger partial charge in [0.25, 0.3) is 0 Å². The monoisotopic (exact) mass is 384 g/mol. The fourth-order valence-corrected chi connectivity index (χ4v) is 5.22. The molecule has 3 aliphatic heterocycles. The Bertz CT molecular complexity index is 662. The molecule has 0 N–H and O–H groups in total. The van der Waals surface area contributed by atoms with Crippen molar-refractivity contribution in [3.05, 3.63) is 35.4 Å². The van der Waals surface area contributed by atoms with Crippen molar-refractivity contribution in [2.24, 2.45) is 0 Å². The summed E-state index contributed by atoms with van der Waals surface area (Å²) in [5, 5.41) is 0. The van der Waals surface area contributed by atoms with Crippen LogP contribution in [-0.2, 0) is 11.3 Å². The third kappa shape index (κ3) is 4.58. The molecule has 3 fully saturated rings. The molecular weight excluding hydrogens is 348 g/mol. The molecule has 1 aromatic carbocycles. The van der Waals surface area contributed by atoms with E-state index in [1.807, 2.05) is 0 Å². The van der Waals surface area contributed by atoms with Crippen molar-refractivity contribution >= 4 is 5.91 Å². The van der Waals surface area contributed by atoms with Gasteiger partial charge < -0.3 is 9.80 Å². The number of piperidine rings is 1. The normalized spacial score (nSPS) is 26.1. The molecule has 1 amide bonds. The molecule has 1 unspecified atom stereocenters. The van der Waals surface area contributed by atoms with Gasteiger partial charge in [-0.1, -0.05) is 29.8 Å². The third-order valence-corrected chi connectivity index (χ3v) is 6.91. The molecule has 5 heteroatoms. The minimum Gasteiger partial charge on any atom is -0.339 e. The van der Waals surface area contributed by atoms with Crippen LogP contribution in [0.3, 0.4) is 0 Å². The zero-order valence-electron chi connectivity index (χ0n) is 17.6. The van der Waals surface area contributed by atoms with E-state index in [1.165, 1.54) is 43.5 Å². The first-order valence-corrected chi connectivity index (χ1v) is 11.1. The maximum Gasteiger partial charge on any atom is 0.240 e. The van der Waals surface area contributed by atoms with E-state index < -0.39 is 0 Å². The van der Waals surface area contributed by atoms with Crippen LogP contribution < -0.4 is 0 Å². The number of benzene rings is 1. The number of carbonyl (C=O) groups is 1. The highest BCUT2D eigenvalue weighted by molar-refractivity contribution is 5.82. The Hall–Kier alpha value is -1.43. The van der Waals surface area contributed by atoms with Gasteiger partial charge in [0.1, 0.15) is 0 Å². The second-order valence-corrected chi connectivity index (χ2v) is 9.02. The first kappa shape index (κ1) is 19.9. The van der Waals surface area contributed by atoms with Gasteiger partial charge in [-0.05, 0) is 64.9 Å². The maximum absolute atomic E-state index is 13.3. The second-order valence-electron chi connectivity index (χ2n) is 9.02. The Kier molecular flexibility index (Phi) is 6.34. The molecule has 154 valence electrons. The van der Waals surface area contributed by atoms with E-state index >= 15 is 0 Å². The lowest BCUT2D eigenvalue weighted by Crippen LogP contribution is -2.55. The molecule has 0 aliphatic carbocycles. The standard InChI is InChI=1S/C23H36N4O/c1-19-5-3-6-20(17-19)18-25-13-15-26(16-14-25)23(28)22-7-4-10-27(22)21-8-11-24(2)12-9-21/h3,5-6,17,21-22H,4,7-16,18H2,1-2H3. The summed E-state index contributed by atoms with van der Waals surface area (Å²) < 4.78 is 0. The van der Waals surface area contributed by atoms with Gasteiger partial charge in [-0.3, -0.25) is 14.6 Å². The molecule has 1 atom stereocenters. The number of hydrogen-bond donors (Lipinski definition) is 0. The van der Waals surface area contributed by atoms with E-state index in [-0.39, 0.29) is 6.04 Å². The lowest BCUT2D eigenvalue weighted by atomic mass is 10.0. The summed E-state index contributed by atoms with van der Waals surface area (Å²) in [5.74, 6) is 0.395. The number of carbonyl (C=O) groups excluding carboxylic acids is 1. The minimum absolute atomic E-state index is 0.136. The fourth-order valence-electron chi connectivity index (χ4n) is 5.22. The van der Waals surface area contributed by atoms with Crippen LogP contribution in [0.15, 0.2) is 24.3 Å². The molecule has 0 radical (unpaired) electrons. The minimum atomic E-state index is 0.136. The number of aryl methyl sites for hydroxylation is 1. The first-order valence-electron chi connectivity index (χ1n) is 11.1. The second kappa shape index (κ2) is 8.93. The largest absolute Gasteiger partial charge is 0.339 e. The van der Waals surface area contributed by atoms with Crippen LogP contribution in [0.4, 0.5) is 0 Å². The number of nitrogens with zero attached hydrogens (tertiary/aromatic N) is 4. The third-order valence-electron chi connectivity index (χ3n) is 6.91. The van der Waals surface area contributed by atoms with Crippen LogP contribution in [0.1, 0.15) is 36.8 Å². The molecular formula is C23H36N4O. The highest BCUT2D eigenvalue weighted by Crippen LogP contribution is 2.27. The van der Waals surface area contributed by atoms with E-state index in [1.54, 1.807) is 0 Å². The Labute approximate surface area is 170 Å². The quantitative estimate of drug-likeness (QED) is 0.796. The molecule has 0 aromatic heterocycles. The molecule has 1 aromatic rings. The lowest BCUT2D eigenvalue weighted by molar-refractivity contribution is -0.139. The Balaban J connectivity index is 1.29. The zero-order valence-corrected chi connectivity index (χ0v) is 17.6. The Morgan fingerprint density at radius 1 is 1.00 bits per heavy atom. The summed E-state index contributed by atoms with van der Waals surface area (Å²) in [6.07, 6.45) is 4.65. The smallest absolute Gasteiger partial charge is 0.240 e. The summed E-state index contributed by atoms with van der Waals surface area (Å²) in [4.78, 5) is 22.9. The van der Waals surface area contributed by atoms with E-state index in [0.717, 1.165) is 45.7 Å². The number of amides is 1. The molecule has 3 saturated heterocycles. The molecule has 0 saturated carbocycles. The first-order chi connectivity index (χ1) is 13.6. The topological polar surface area (TPSA) is 30.0 Å². The summed E-state index contributed by atoms with van der Waals surface area (Å²) in [6, 6.07) is 9.52. The predicted molar refractivity (Wildman–Crippen MR) is 113 cm³/mol. The average molecular weight is 385 g/mol. The average Bonchev–Trinajstić information content (AvgIpc) is 3.18. The maximum atomic E-state index is 13.3. The predicted octanol–water partition coefficient (Wildman–Crippen LogP) is 2.20. The van der Waals surface area contributed by atoms with Crippen LogP contribution in [0, 0.1) is 6.92 Å². The number of hydrogen-bond acceptors (Lipinski definition) is 4. The van der Waals surface area contributed by atoms with Crippen molar-refractivity contribution < 1.29 is 4.79 Å². The summed E-state index contributed by atoms with van der Waals surface area (Å²) >= 11 is 0. The fraction of sp³-hybridized carbons (Fsp3) is 0.696. The molecule has 3 aliphatic rings. The van der Waals surface area contributed by atoms with Gasteiger partial charge in [-0.15, -0.1) is 0 Å². The van der Waals surface area contributed by atoms with E-state index in [9.17, 15) is 4.79 Å². The van der Waals surface area contributed by atoms with Crippen molar-refractivity contribution in [2.45, 2.75) is 51.2 Å². The summed E-state index contributed by atoms with van der Waals surface area (Å²) in [5.41, 5.74) is 2.70. The van der Waals surface area contributed by atoms with E-state index in [4.69, 9.17) is 0 Å². The SMILES string of the molecule is Cc1cccc(CN2CCN(C(=O)C3CCCN3C3CCN(C)CC3)CC2)c1. The van der Waals surface area contributed by atoms with Gasteiger partial charge in [0.2, 0.25) is 5.91 Å². The number of likely N-dealkylation sites (tertiary alicyclic amines) is 2. The van der Waals surface area contributed by atoms with Crippen LogP contribution >= 0.6 is 0 Å². The van der Waals surface area contributed by atoms with Crippen molar-refractivity contribution in [2.75, 3.05) is 52.9 Å². The molecule has 4 rings (SSSR count). The van der Waals surface area contributed by atoms with Gasteiger partial charge >= 0.3 is 0 Å². The van der Waals surface area contributed by atoms with Crippen molar-refractivity contribution in [1.29, 1.82) is 0 Å². The van der Waals surface area contributed by atoms with Gasteiger partial charge in [0.15, 0.2) is 0 Å². The molecule has 5 nitrogen and oxygen atoms in total. The van der Waals surface area contributed by atoms with Crippen LogP contribution in [0.5, 0.6) is 0 Å². The van der Waals surface area contributed by atoms with Gasteiger partial charge in [0.05, 0.1) is 6.04 Å². The van der Waals surface area contributed by atoms with E-state index in [2.05, 4.69) is 57.8 Å². The van der Waals surface area contributed by atoms with Gasteiger partial charge in [-0.25, -0.2) is 0 Å². The van der Waals surface area contributed by atoms with Gasteiger partial charge in [0, 0.05) is 38.8 Å². The molecule has 3 heterocycles.